The first-order valence-corrected chi connectivity index (χ1v) is 8.90. The second-order valence-electron chi connectivity index (χ2n) is 4.92. The van der Waals surface area contributed by atoms with Gasteiger partial charge in [-0.05, 0) is 19.3 Å². The summed E-state index contributed by atoms with van der Waals surface area (Å²) in [5.41, 5.74) is 0. The lowest BCUT2D eigenvalue weighted by molar-refractivity contribution is -0.0388. The second-order valence-corrected chi connectivity index (χ2v) is 4.92. The standard InChI is InChI=1S/C4H10O4.C4H10O2.C3H8O3.C3H8O2.C2H6O2/c5-1-3(7)4(8)2-6;5-3-1-2-4-6;4-1-3(6)2-5;4-2-1-3-5;3-1-2-4/h3-8H,1-2H2;5-6H,1-4H2;3-6H,1-2H2;4-5H,1-3H2;3-4H,1-2H2. The lowest BCUT2D eigenvalue weighted by Gasteiger charge is -2.10. The Morgan fingerprint density at radius 1 is 0.345 bits per heavy atom. The molecule has 0 saturated carbocycles. The number of unbranched alkanes of at least 4 members (excludes halogenated alkanes) is 1. The van der Waals surface area contributed by atoms with Crippen molar-refractivity contribution in [1.29, 1.82) is 0 Å². The molecule has 0 aromatic heterocycles. The van der Waals surface area contributed by atoms with Crippen molar-refractivity contribution >= 4 is 0 Å². The summed E-state index contributed by atoms with van der Waals surface area (Å²) in [5, 5.41) is 104. The lowest BCUT2D eigenvalue weighted by atomic mass is 10.2. The van der Waals surface area contributed by atoms with Crippen molar-refractivity contribution < 1.29 is 66.4 Å². The van der Waals surface area contributed by atoms with E-state index in [2.05, 4.69) is 0 Å². The van der Waals surface area contributed by atoms with Gasteiger partial charge in [-0.25, -0.2) is 0 Å². The van der Waals surface area contributed by atoms with Gasteiger partial charge in [0.2, 0.25) is 0 Å². The molecular formula is C16H42O13. The third kappa shape index (κ3) is 58.4. The molecule has 0 radical (unpaired) electrons. The number of aliphatic hydroxyl groups excluding tert-OH is 13. The van der Waals surface area contributed by atoms with Gasteiger partial charge in [-0.1, -0.05) is 0 Å². The zero-order valence-electron chi connectivity index (χ0n) is 16.7. The summed E-state index contributed by atoms with van der Waals surface area (Å²) in [6.07, 6.45) is -1.46. The highest BCUT2D eigenvalue weighted by Gasteiger charge is 2.12. The van der Waals surface area contributed by atoms with Gasteiger partial charge in [-0.2, -0.15) is 0 Å². The Morgan fingerprint density at radius 3 is 0.690 bits per heavy atom. The van der Waals surface area contributed by atoms with Crippen molar-refractivity contribution in [2.45, 2.75) is 37.6 Å². The van der Waals surface area contributed by atoms with Crippen LogP contribution in [0.5, 0.6) is 0 Å². The van der Waals surface area contributed by atoms with Crippen LogP contribution in [0, 0.1) is 0 Å². The van der Waals surface area contributed by atoms with Gasteiger partial charge in [-0.3, -0.25) is 0 Å². The number of hydrogen-bond donors (Lipinski definition) is 13. The molecule has 0 aliphatic carbocycles. The summed E-state index contributed by atoms with van der Waals surface area (Å²) < 4.78 is 0. The molecule has 2 unspecified atom stereocenters. The van der Waals surface area contributed by atoms with Crippen LogP contribution in [0.25, 0.3) is 0 Å². The molecule has 0 amide bonds. The first-order chi connectivity index (χ1) is 13.8. The van der Waals surface area contributed by atoms with E-state index in [1.165, 1.54) is 0 Å². The highest BCUT2D eigenvalue weighted by atomic mass is 16.4. The minimum Gasteiger partial charge on any atom is -0.396 e. The molecule has 0 saturated heterocycles. The van der Waals surface area contributed by atoms with Crippen LogP contribution in [0.3, 0.4) is 0 Å². The molecule has 13 N–H and O–H groups in total. The number of aliphatic hydroxyl groups is 13. The van der Waals surface area contributed by atoms with E-state index in [-0.39, 0.29) is 52.9 Å². The number of hydrogen-bond acceptors (Lipinski definition) is 13. The molecule has 13 nitrogen and oxygen atoms in total. The van der Waals surface area contributed by atoms with Crippen molar-refractivity contribution in [2.24, 2.45) is 0 Å². The minimum absolute atomic E-state index is 0.0938. The maximum absolute atomic E-state index is 8.47. The molecule has 2 atom stereocenters. The molecule has 0 aromatic carbocycles. The third-order valence-electron chi connectivity index (χ3n) is 2.22. The van der Waals surface area contributed by atoms with E-state index < -0.39 is 31.5 Å². The van der Waals surface area contributed by atoms with Gasteiger partial charge in [0.05, 0.1) is 39.6 Å². The second kappa shape index (κ2) is 41.8. The van der Waals surface area contributed by atoms with Crippen molar-refractivity contribution in [3.05, 3.63) is 0 Å². The molecule has 0 heterocycles. The Labute approximate surface area is 171 Å². The Bertz CT molecular complexity index is 205. The Morgan fingerprint density at radius 2 is 0.621 bits per heavy atom. The summed E-state index contributed by atoms with van der Waals surface area (Å²) in [6.45, 7) is -1.45. The molecular weight excluding hydrogens is 400 g/mol. The van der Waals surface area contributed by atoms with E-state index in [0.29, 0.717) is 6.42 Å². The molecule has 0 bridgehead atoms. The van der Waals surface area contributed by atoms with Crippen molar-refractivity contribution in [3.8, 4) is 0 Å². The summed E-state index contributed by atoms with van der Waals surface area (Å²) >= 11 is 0. The predicted octanol–water partition coefficient (Wildman–Crippen LogP) is -5.89. The molecule has 0 aliphatic heterocycles. The molecule has 0 rings (SSSR count). The molecule has 0 aromatic rings. The van der Waals surface area contributed by atoms with Crippen LogP contribution in [-0.4, -0.2) is 151 Å². The van der Waals surface area contributed by atoms with Crippen LogP contribution in [0.1, 0.15) is 19.3 Å². The fraction of sp³-hybridized carbons (Fsp3) is 1.00. The maximum atomic E-state index is 8.47. The fourth-order valence-electron chi connectivity index (χ4n) is 0.595. The van der Waals surface area contributed by atoms with Gasteiger partial charge in [0.15, 0.2) is 0 Å². The van der Waals surface area contributed by atoms with E-state index in [4.69, 9.17) is 66.4 Å². The smallest absolute Gasteiger partial charge is 0.105 e. The summed E-state index contributed by atoms with van der Waals surface area (Å²) in [6, 6.07) is 0. The topological polar surface area (TPSA) is 263 Å². The van der Waals surface area contributed by atoms with Crippen molar-refractivity contribution in [2.75, 3.05) is 66.1 Å². The Balaban J connectivity index is -0.0000000844. The van der Waals surface area contributed by atoms with Gasteiger partial charge in [0.1, 0.15) is 18.3 Å². The van der Waals surface area contributed by atoms with Gasteiger partial charge in [-0.15, -0.1) is 0 Å². The maximum Gasteiger partial charge on any atom is 0.105 e. The monoisotopic (exact) mass is 442 g/mol. The Kier molecular flexibility index (Phi) is 56.2. The normalized spacial score (nSPS) is 11.4. The predicted molar refractivity (Wildman–Crippen MR) is 103 cm³/mol. The van der Waals surface area contributed by atoms with Gasteiger partial charge in [0, 0.05) is 26.4 Å². The molecule has 29 heavy (non-hydrogen) atoms. The van der Waals surface area contributed by atoms with E-state index in [1.807, 2.05) is 0 Å². The van der Waals surface area contributed by atoms with Gasteiger partial charge in [0.25, 0.3) is 0 Å². The summed E-state index contributed by atoms with van der Waals surface area (Å²) in [5.74, 6) is 0. The van der Waals surface area contributed by atoms with Crippen LogP contribution < -0.4 is 0 Å². The third-order valence-corrected chi connectivity index (χ3v) is 2.22. The number of rotatable bonds is 11. The van der Waals surface area contributed by atoms with Gasteiger partial charge >= 0.3 is 0 Å². The van der Waals surface area contributed by atoms with E-state index in [0.717, 1.165) is 12.8 Å². The van der Waals surface area contributed by atoms with Gasteiger partial charge < -0.3 is 66.4 Å². The quantitative estimate of drug-likeness (QED) is 0.133. The first-order valence-electron chi connectivity index (χ1n) is 8.90. The minimum atomic E-state index is -1.22. The molecule has 13 heteroatoms. The summed E-state index contributed by atoms with van der Waals surface area (Å²) in [7, 11) is 0. The zero-order chi connectivity index (χ0) is 23.9. The van der Waals surface area contributed by atoms with Crippen LogP contribution in [0.4, 0.5) is 0 Å². The SMILES string of the molecule is OCC(O)C(O)CO.OCC(O)CO.OCCCCO.OCCCO.OCCO. The molecule has 184 valence electrons. The van der Waals surface area contributed by atoms with Crippen molar-refractivity contribution in [1.82, 2.24) is 0 Å². The van der Waals surface area contributed by atoms with Crippen molar-refractivity contribution in [3.63, 3.8) is 0 Å². The van der Waals surface area contributed by atoms with Crippen LogP contribution in [0.15, 0.2) is 0 Å². The van der Waals surface area contributed by atoms with Crippen LogP contribution in [-0.2, 0) is 0 Å². The summed E-state index contributed by atoms with van der Waals surface area (Å²) in [4.78, 5) is 0. The Hall–Kier alpha value is -0.520. The highest BCUT2D eigenvalue weighted by molar-refractivity contribution is 4.62. The fourth-order valence-corrected chi connectivity index (χ4v) is 0.595. The lowest BCUT2D eigenvalue weighted by Crippen LogP contribution is -2.31. The van der Waals surface area contributed by atoms with Crippen LogP contribution in [0.2, 0.25) is 0 Å². The van der Waals surface area contributed by atoms with E-state index in [1.54, 1.807) is 0 Å². The average Bonchev–Trinajstić information content (AvgIpc) is 2.77. The molecule has 0 fully saturated rings. The largest absolute Gasteiger partial charge is 0.396 e. The average molecular weight is 442 g/mol. The van der Waals surface area contributed by atoms with E-state index in [9.17, 15) is 0 Å². The zero-order valence-corrected chi connectivity index (χ0v) is 16.7. The molecule has 0 spiro atoms. The van der Waals surface area contributed by atoms with E-state index >= 15 is 0 Å². The molecule has 0 aliphatic rings. The highest BCUT2D eigenvalue weighted by Crippen LogP contribution is 1.88. The first kappa shape index (κ1) is 39.0. The van der Waals surface area contributed by atoms with Crippen LogP contribution >= 0.6 is 0 Å².